The van der Waals surface area contributed by atoms with Gasteiger partial charge in [0.15, 0.2) is 0 Å². The van der Waals surface area contributed by atoms with E-state index in [1.807, 2.05) is 11.3 Å². The lowest BCUT2D eigenvalue weighted by Gasteiger charge is -2.22. The van der Waals surface area contributed by atoms with Gasteiger partial charge in [-0.1, -0.05) is 38.5 Å². The molecule has 0 aliphatic rings. The molecule has 3 unspecified atom stereocenters. The van der Waals surface area contributed by atoms with E-state index in [4.69, 9.17) is 0 Å². The maximum absolute atomic E-state index is 3.77. The first-order chi connectivity index (χ1) is 9.52. The Bertz CT molecular complexity index is 558. The van der Waals surface area contributed by atoms with Crippen molar-refractivity contribution in [2.24, 2.45) is 5.92 Å². The summed E-state index contributed by atoms with van der Waals surface area (Å²) in [5, 5.41) is 5.19. The highest BCUT2D eigenvalue weighted by atomic mass is 32.1. The summed E-state index contributed by atoms with van der Waals surface area (Å²) in [6.45, 7) is 11.5. The van der Waals surface area contributed by atoms with Gasteiger partial charge in [-0.2, -0.15) is 0 Å². The average Bonchev–Trinajstić information content (AvgIpc) is 2.76. The molecular formula is C18H27NS. The lowest BCUT2D eigenvalue weighted by Crippen LogP contribution is -2.30. The molecule has 0 spiro atoms. The van der Waals surface area contributed by atoms with Crippen LogP contribution in [0, 0.1) is 12.8 Å². The van der Waals surface area contributed by atoms with Gasteiger partial charge < -0.3 is 5.32 Å². The molecule has 2 aromatic rings. The molecule has 1 heterocycles. The number of hydrogen-bond acceptors (Lipinski definition) is 2. The first-order valence-corrected chi connectivity index (χ1v) is 8.58. The van der Waals surface area contributed by atoms with Crippen LogP contribution in [-0.2, 0) is 0 Å². The van der Waals surface area contributed by atoms with Gasteiger partial charge in [0.2, 0.25) is 0 Å². The van der Waals surface area contributed by atoms with E-state index in [-0.39, 0.29) is 0 Å². The molecule has 1 aromatic carbocycles. The third-order valence-electron chi connectivity index (χ3n) is 4.26. The summed E-state index contributed by atoms with van der Waals surface area (Å²) >= 11 is 1.94. The van der Waals surface area contributed by atoms with Crippen LogP contribution in [0.4, 0.5) is 0 Å². The summed E-state index contributed by atoms with van der Waals surface area (Å²) in [5.41, 5.74) is 1.45. The fraction of sp³-hybridized carbons (Fsp3) is 0.556. The van der Waals surface area contributed by atoms with Crippen molar-refractivity contribution in [3.63, 3.8) is 0 Å². The number of rotatable bonds is 6. The summed E-state index contributed by atoms with van der Waals surface area (Å²) in [7, 11) is 0. The first kappa shape index (κ1) is 15.5. The fourth-order valence-corrected chi connectivity index (χ4v) is 4.17. The Kier molecular flexibility index (Phi) is 5.22. The van der Waals surface area contributed by atoms with Crippen LogP contribution in [-0.4, -0.2) is 6.04 Å². The SMILES string of the molecule is CCC(C)CC(C)NC(C)c1sc2ccccc2c1C. The van der Waals surface area contributed by atoms with Crippen LogP contribution in [0.25, 0.3) is 10.1 Å². The van der Waals surface area contributed by atoms with E-state index >= 15 is 0 Å². The Hall–Kier alpha value is -0.860. The monoisotopic (exact) mass is 289 g/mol. The molecule has 20 heavy (non-hydrogen) atoms. The van der Waals surface area contributed by atoms with Gasteiger partial charge in [0.1, 0.15) is 0 Å². The third kappa shape index (κ3) is 3.42. The van der Waals surface area contributed by atoms with Crippen molar-refractivity contribution >= 4 is 21.4 Å². The smallest absolute Gasteiger partial charge is 0.0391 e. The highest BCUT2D eigenvalue weighted by Crippen LogP contribution is 2.34. The van der Waals surface area contributed by atoms with Gasteiger partial charge >= 0.3 is 0 Å². The molecule has 0 aliphatic carbocycles. The summed E-state index contributed by atoms with van der Waals surface area (Å²) in [4.78, 5) is 1.49. The molecule has 0 radical (unpaired) electrons. The van der Waals surface area contributed by atoms with E-state index in [2.05, 4.69) is 64.2 Å². The molecule has 1 aromatic heterocycles. The zero-order valence-electron chi connectivity index (χ0n) is 13.4. The number of fused-ring (bicyclic) bond motifs is 1. The van der Waals surface area contributed by atoms with E-state index < -0.39 is 0 Å². The van der Waals surface area contributed by atoms with E-state index in [9.17, 15) is 0 Å². The largest absolute Gasteiger partial charge is 0.307 e. The normalized spacial score (nSPS) is 16.2. The molecule has 110 valence electrons. The number of benzene rings is 1. The summed E-state index contributed by atoms with van der Waals surface area (Å²) in [6, 6.07) is 9.74. The molecule has 0 amide bonds. The van der Waals surface area contributed by atoms with Crippen molar-refractivity contribution in [3.8, 4) is 0 Å². The summed E-state index contributed by atoms with van der Waals surface area (Å²) in [6.07, 6.45) is 2.52. The predicted octanol–water partition coefficient (Wildman–Crippen LogP) is 5.69. The quantitative estimate of drug-likeness (QED) is 0.721. The Labute approximate surface area is 127 Å². The number of hydrogen-bond donors (Lipinski definition) is 1. The number of thiophene rings is 1. The highest BCUT2D eigenvalue weighted by Gasteiger charge is 2.16. The molecule has 0 bridgehead atoms. The second-order valence-electron chi connectivity index (χ2n) is 6.13. The first-order valence-electron chi connectivity index (χ1n) is 7.77. The van der Waals surface area contributed by atoms with Gasteiger partial charge in [0, 0.05) is 21.7 Å². The summed E-state index contributed by atoms with van der Waals surface area (Å²) in [5.74, 6) is 0.799. The molecular weight excluding hydrogens is 262 g/mol. The van der Waals surface area contributed by atoms with Crippen LogP contribution in [0.1, 0.15) is 57.0 Å². The van der Waals surface area contributed by atoms with Gasteiger partial charge in [-0.3, -0.25) is 0 Å². The van der Waals surface area contributed by atoms with Crippen molar-refractivity contribution in [1.82, 2.24) is 5.32 Å². The van der Waals surface area contributed by atoms with Crippen LogP contribution in [0.3, 0.4) is 0 Å². The lowest BCUT2D eigenvalue weighted by atomic mass is 9.99. The van der Waals surface area contributed by atoms with Crippen molar-refractivity contribution in [1.29, 1.82) is 0 Å². The van der Waals surface area contributed by atoms with Crippen LogP contribution < -0.4 is 5.32 Å². The van der Waals surface area contributed by atoms with Crippen LogP contribution in [0.2, 0.25) is 0 Å². The standard InChI is InChI=1S/C18H27NS/c1-6-12(2)11-13(3)19-15(5)18-14(4)16-9-7-8-10-17(16)20-18/h7-10,12-13,15,19H,6,11H2,1-5H3. The Morgan fingerprint density at radius 3 is 2.50 bits per heavy atom. The fourth-order valence-electron chi connectivity index (χ4n) is 2.95. The molecule has 0 saturated carbocycles. The average molecular weight is 289 g/mol. The van der Waals surface area contributed by atoms with Crippen molar-refractivity contribution < 1.29 is 0 Å². The maximum Gasteiger partial charge on any atom is 0.0391 e. The second kappa shape index (κ2) is 6.73. The minimum atomic E-state index is 0.437. The van der Waals surface area contributed by atoms with Crippen LogP contribution in [0.5, 0.6) is 0 Å². The molecule has 2 rings (SSSR count). The van der Waals surface area contributed by atoms with Gasteiger partial charge in [0.05, 0.1) is 0 Å². The van der Waals surface area contributed by atoms with Gasteiger partial charge in [0.25, 0.3) is 0 Å². The zero-order valence-corrected chi connectivity index (χ0v) is 14.2. The molecule has 3 atom stereocenters. The van der Waals surface area contributed by atoms with E-state index in [0.29, 0.717) is 12.1 Å². The van der Waals surface area contributed by atoms with Crippen molar-refractivity contribution in [2.45, 2.75) is 59.5 Å². The maximum atomic E-state index is 3.77. The van der Waals surface area contributed by atoms with Crippen LogP contribution in [0.15, 0.2) is 24.3 Å². The lowest BCUT2D eigenvalue weighted by molar-refractivity contribution is 0.387. The molecule has 0 aliphatic heterocycles. The number of nitrogens with one attached hydrogen (secondary N) is 1. The highest BCUT2D eigenvalue weighted by molar-refractivity contribution is 7.19. The van der Waals surface area contributed by atoms with Gasteiger partial charge in [-0.25, -0.2) is 0 Å². The second-order valence-corrected chi connectivity index (χ2v) is 7.21. The minimum Gasteiger partial charge on any atom is -0.307 e. The predicted molar refractivity (Wildman–Crippen MR) is 91.6 cm³/mol. The summed E-state index contributed by atoms with van der Waals surface area (Å²) < 4.78 is 1.41. The molecule has 2 heteroatoms. The van der Waals surface area contributed by atoms with Gasteiger partial charge in [-0.15, -0.1) is 11.3 Å². The molecule has 1 N–H and O–H groups in total. The van der Waals surface area contributed by atoms with Crippen molar-refractivity contribution in [2.75, 3.05) is 0 Å². The van der Waals surface area contributed by atoms with E-state index in [1.54, 1.807) is 0 Å². The molecule has 0 fully saturated rings. The molecule has 0 saturated heterocycles. The van der Waals surface area contributed by atoms with Crippen molar-refractivity contribution in [3.05, 3.63) is 34.7 Å². The van der Waals surface area contributed by atoms with Crippen LogP contribution >= 0.6 is 11.3 Å². The zero-order chi connectivity index (χ0) is 14.7. The van der Waals surface area contributed by atoms with E-state index in [0.717, 1.165) is 5.92 Å². The van der Waals surface area contributed by atoms with Gasteiger partial charge in [-0.05, 0) is 50.1 Å². The Balaban J connectivity index is 2.11. The topological polar surface area (TPSA) is 12.0 Å². The Morgan fingerprint density at radius 1 is 1.15 bits per heavy atom. The molecule has 1 nitrogen and oxygen atoms in total. The Morgan fingerprint density at radius 2 is 1.85 bits per heavy atom. The third-order valence-corrected chi connectivity index (χ3v) is 5.72. The number of aryl methyl sites for hydroxylation is 1. The van der Waals surface area contributed by atoms with E-state index in [1.165, 1.54) is 33.4 Å². The minimum absolute atomic E-state index is 0.437.